The molecule has 0 N–H and O–H groups in total. The van der Waals surface area contributed by atoms with Crippen LogP contribution in [-0.2, 0) is 0 Å². The van der Waals surface area contributed by atoms with Crippen LogP contribution in [0.1, 0.15) is 10.6 Å². The maximum Gasteiger partial charge on any atom is 0.737 e. The summed E-state index contributed by atoms with van der Waals surface area (Å²) in [4.78, 5) is 4.28. The van der Waals surface area contributed by atoms with Gasteiger partial charge < -0.3 is 22.5 Å². The van der Waals surface area contributed by atoms with Crippen LogP contribution in [0.15, 0.2) is 133 Å². The Morgan fingerprint density at radius 1 is 0.684 bits per heavy atom. The molecule has 5 aromatic rings. The van der Waals surface area contributed by atoms with Crippen molar-refractivity contribution < 1.29 is 13.1 Å². The molecular formula is C31H22BF2N3S. The summed E-state index contributed by atoms with van der Waals surface area (Å²) in [5.41, 5.74) is 6.25. The summed E-state index contributed by atoms with van der Waals surface area (Å²) in [6, 6.07) is 36.7. The molecule has 7 heteroatoms. The molecule has 184 valence electrons. The van der Waals surface area contributed by atoms with Crippen molar-refractivity contribution in [3.63, 3.8) is 0 Å². The molecule has 0 spiro atoms. The molecule has 0 aliphatic carbocycles. The van der Waals surface area contributed by atoms with E-state index in [9.17, 15) is 0 Å². The Morgan fingerprint density at radius 2 is 1.32 bits per heavy atom. The maximum atomic E-state index is 15.1. The van der Waals surface area contributed by atoms with E-state index in [0.29, 0.717) is 11.4 Å². The van der Waals surface area contributed by atoms with Crippen LogP contribution in [0.4, 0.5) is 25.7 Å². The number of allylic oxidation sites excluding steroid dienone is 2. The quantitative estimate of drug-likeness (QED) is 0.213. The summed E-state index contributed by atoms with van der Waals surface area (Å²) in [6.45, 7) is -3.90. The smallest absolute Gasteiger partial charge is 0.396 e. The molecule has 0 saturated heterocycles. The largest absolute Gasteiger partial charge is 0.737 e. The summed E-state index contributed by atoms with van der Waals surface area (Å²) < 4.78 is 32.5. The highest BCUT2D eigenvalue weighted by Crippen LogP contribution is 2.43. The lowest BCUT2D eigenvalue weighted by Gasteiger charge is -2.30. The minimum Gasteiger partial charge on any atom is -0.396 e. The number of hydrogen-bond acceptors (Lipinski definition) is 2. The number of rotatable bonds is 5. The van der Waals surface area contributed by atoms with Crippen molar-refractivity contribution in [3.05, 3.63) is 144 Å². The predicted molar refractivity (Wildman–Crippen MR) is 154 cm³/mol. The average Bonchev–Trinajstić information content (AvgIpc) is 3.73. The third-order valence-electron chi connectivity index (χ3n) is 7.03. The molecule has 3 nitrogen and oxygen atoms in total. The molecule has 2 aromatic heterocycles. The molecule has 2 aliphatic heterocycles. The highest BCUT2D eigenvalue weighted by molar-refractivity contribution is 7.16. The molecule has 4 heterocycles. The molecule has 3 aromatic carbocycles. The maximum absolute atomic E-state index is 15.1. The Bertz CT molecular complexity index is 1690. The van der Waals surface area contributed by atoms with E-state index in [2.05, 4.69) is 59.5 Å². The van der Waals surface area contributed by atoms with Crippen LogP contribution in [0, 0.1) is 0 Å². The third kappa shape index (κ3) is 3.58. The summed E-state index contributed by atoms with van der Waals surface area (Å²) in [5.74, 6) is 0. The third-order valence-corrected chi connectivity index (χ3v) is 8.18. The first-order chi connectivity index (χ1) is 18.6. The van der Waals surface area contributed by atoms with Crippen molar-refractivity contribution in [2.45, 2.75) is 0 Å². The average molecular weight is 517 g/mol. The van der Waals surface area contributed by atoms with E-state index in [0.717, 1.165) is 46.9 Å². The fourth-order valence-corrected chi connectivity index (χ4v) is 6.35. The number of fused-ring (bicyclic) bond motifs is 2. The minimum absolute atomic E-state index is 0.548. The van der Waals surface area contributed by atoms with Crippen molar-refractivity contribution in [2.75, 3.05) is 4.90 Å². The Labute approximate surface area is 223 Å². The number of halogens is 2. The van der Waals surface area contributed by atoms with Crippen LogP contribution < -0.4 is 4.90 Å². The van der Waals surface area contributed by atoms with Gasteiger partial charge >= 0.3 is 6.97 Å². The molecule has 0 saturated carbocycles. The normalized spacial score (nSPS) is 15.3. The predicted octanol–water partition coefficient (Wildman–Crippen LogP) is 8.34. The summed E-state index contributed by atoms with van der Waals surface area (Å²) >= 11 is 1.62. The van der Waals surface area contributed by atoms with Crippen molar-refractivity contribution in [1.29, 1.82) is 0 Å². The second kappa shape index (κ2) is 8.82. The summed E-state index contributed by atoms with van der Waals surface area (Å²) in [5, 5.41) is 0. The van der Waals surface area contributed by atoms with E-state index in [1.807, 2.05) is 42.5 Å². The van der Waals surface area contributed by atoms with Gasteiger partial charge in [0.2, 0.25) is 0 Å². The number of aromatic nitrogens is 1. The number of hydrogen-bond donors (Lipinski definition) is 0. The zero-order valence-corrected chi connectivity index (χ0v) is 21.1. The molecule has 0 amide bonds. The minimum atomic E-state index is -3.90. The molecule has 7 rings (SSSR count). The van der Waals surface area contributed by atoms with Gasteiger partial charge in [-0.3, -0.25) is 0 Å². The van der Waals surface area contributed by atoms with E-state index >= 15 is 8.63 Å². The van der Waals surface area contributed by atoms with Crippen LogP contribution in [0.2, 0.25) is 0 Å². The highest BCUT2D eigenvalue weighted by atomic mass is 32.1. The molecule has 0 bridgehead atoms. The first-order valence-electron chi connectivity index (χ1n) is 12.5. The van der Waals surface area contributed by atoms with Crippen molar-refractivity contribution in [3.8, 4) is 10.4 Å². The molecule has 38 heavy (non-hydrogen) atoms. The first-order valence-corrected chi connectivity index (χ1v) is 13.3. The molecule has 0 atom stereocenters. The van der Waals surface area contributed by atoms with E-state index in [1.54, 1.807) is 35.6 Å². The number of para-hydroxylation sites is 2. The lowest BCUT2D eigenvalue weighted by molar-refractivity contribution is -0.356. The van der Waals surface area contributed by atoms with Gasteiger partial charge in [0.1, 0.15) is 6.21 Å². The first kappa shape index (κ1) is 22.7. The fourth-order valence-electron chi connectivity index (χ4n) is 5.27. The van der Waals surface area contributed by atoms with Crippen LogP contribution in [-0.4, -0.2) is 22.1 Å². The number of anilines is 3. The van der Waals surface area contributed by atoms with Gasteiger partial charge in [0.05, 0.1) is 5.57 Å². The number of nitrogens with zero attached hydrogens (tertiary/aromatic N) is 3. The van der Waals surface area contributed by atoms with Crippen molar-refractivity contribution in [1.82, 2.24) is 4.48 Å². The summed E-state index contributed by atoms with van der Waals surface area (Å²) in [7, 11) is 0. The molecular weight excluding hydrogens is 495 g/mol. The number of benzene rings is 3. The zero-order valence-electron chi connectivity index (χ0n) is 20.3. The van der Waals surface area contributed by atoms with Gasteiger partial charge in [-0.25, -0.2) is 0 Å². The SMILES string of the molecule is F[B-]1(F)n2cccc2C(c2ccc(-c3ccc(N(c4ccccc4)c4ccccc4)cc3)s2)=C2C=CC=[N+]21. The Balaban J connectivity index is 1.25. The Kier molecular flexibility index (Phi) is 5.27. The Morgan fingerprint density at radius 3 is 2.00 bits per heavy atom. The topological polar surface area (TPSA) is 11.2 Å². The van der Waals surface area contributed by atoms with E-state index in [-0.39, 0.29) is 0 Å². The highest BCUT2D eigenvalue weighted by Gasteiger charge is 2.51. The molecule has 0 fully saturated rings. The van der Waals surface area contributed by atoms with Crippen molar-refractivity contribution in [2.24, 2.45) is 0 Å². The molecule has 2 aliphatic rings. The van der Waals surface area contributed by atoms with E-state index in [4.69, 9.17) is 0 Å². The van der Waals surface area contributed by atoms with Gasteiger partial charge in [0, 0.05) is 44.7 Å². The van der Waals surface area contributed by atoms with E-state index in [1.165, 1.54) is 12.4 Å². The second-order valence-electron chi connectivity index (χ2n) is 9.28. The fraction of sp³-hybridized carbons (Fsp3) is 0. The summed E-state index contributed by atoms with van der Waals surface area (Å²) in [6.07, 6.45) is 6.40. The second-order valence-corrected chi connectivity index (χ2v) is 10.4. The van der Waals surface area contributed by atoms with Crippen LogP contribution in [0.3, 0.4) is 0 Å². The van der Waals surface area contributed by atoms with Gasteiger partial charge in [0.25, 0.3) is 0 Å². The van der Waals surface area contributed by atoms with Gasteiger partial charge in [-0.1, -0.05) is 48.5 Å². The van der Waals surface area contributed by atoms with Gasteiger partial charge in [-0.15, -0.1) is 11.3 Å². The lowest BCUT2D eigenvalue weighted by atomic mass is 9.88. The van der Waals surface area contributed by atoms with Gasteiger partial charge in [-0.2, -0.15) is 0 Å². The van der Waals surface area contributed by atoms with Gasteiger partial charge in [-0.05, 0) is 72.4 Å². The Hall–Kier alpha value is -4.49. The zero-order chi connectivity index (χ0) is 25.7. The van der Waals surface area contributed by atoms with Crippen LogP contribution >= 0.6 is 11.3 Å². The molecule has 0 unspecified atom stereocenters. The number of thiophene rings is 1. The lowest BCUT2D eigenvalue weighted by Crippen LogP contribution is -2.49. The van der Waals surface area contributed by atoms with Gasteiger partial charge in [0.15, 0.2) is 5.70 Å². The van der Waals surface area contributed by atoms with E-state index < -0.39 is 6.97 Å². The van der Waals surface area contributed by atoms with Crippen LogP contribution in [0.25, 0.3) is 16.0 Å². The van der Waals surface area contributed by atoms with Crippen molar-refractivity contribution >= 4 is 47.2 Å². The monoisotopic (exact) mass is 517 g/mol. The van der Waals surface area contributed by atoms with Crippen LogP contribution in [0.5, 0.6) is 0 Å². The molecule has 0 radical (unpaired) electrons. The standard InChI is InChI=1S/C31H22BF2N3S/c33-32(34)35-21-7-13-27(35)31(28-14-8-22-36(28)32)30-20-19-29(38-30)23-15-17-26(18-16-23)37(24-9-3-1-4-10-24)25-11-5-2-6-12-25/h1-22H.